The van der Waals surface area contributed by atoms with Gasteiger partial charge in [0.1, 0.15) is 0 Å². The minimum atomic E-state index is -0.132. The van der Waals surface area contributed by atoms with Crippen LogP contribution in [0.15, 0.2) is 0 Å². The molecule has 176 valence electrons. The smallest absolute Gasteiger partial charge is 0.195 e. The van der Waals surface area contributed by atoms with E-state index in [-0.39, 0.29) is 11.6 Å². The lowest BCUT2D eigenvalue weighted by Crippen LogP contribution is -2.39. The van der Waals surface area contributed by atoms with Gasteiger partial charge >= 0.3 is 0 Å². The molecule has 4 aliphatic carbocycles. The van der Waals surface area contributed by atoms with E-state index >= 15 is 0 Å². The van der Waals surface area contributed by atoms with Crippen LogP contribution in [0.1, 0.15) is 117 Å². The van der Waals surface area contributed by atoms with E-state index < -0.39 is 0 Å². The van der Waals surface area contributed by atoms with Gasteiger partial charge in [0.05, 0.1) is 0 Å². The summed E-state index contributed by atoms with van der Waals surface area (Å²) in [6.45, 7) is 5.25. The molecule has 31 heavy (non-hydrogen) atoms. The third-order valence-electron chi connectivity index (χ3n) is 11.2. The molecule has 4 nitrogen and oxygen atoms in total. The van der Waals surface area contributed by atoms with Crippen LogP contribution < -0.4 is 0 Å². The van der Waals surface area contributed by atoms with Gasteiger partial charge in [-0.05, 0) is 118 Å². The van der Waals surface area contributed by atoms with Gasteiger partial charge in [-0.15, -0.1) is 0 Å². The Kier molecular flexibility index (Phi) is 5.49. The van der Waals surface area contributed by atoms with Crippen LogP contribution in [0, 0.1) is 40.9 Å². The van der Waals surface area contributed by atoms with E-state index in [1.165, 1.54) is 77.0 Å². The molecule has 6 rings (SSSR count). The zero-order valence-electron chi connectivity index (χ0n) is 19.9. The lowest BCUT2D eigenvalue weighted by atomic mass is 9.57. The third-order valence-corrected chi connectivity index (χ3v) is 11.2. The summed E-state index contributed by atoms with van der Waals surface area (Å²) in [7, 11) is 0. The Morgan fingerprint density at radius 2 is 0.742 bits per heavy atom. The lowest BCUT2D eigenvalue weighted by molar-refractivity contribution is 0.0164. The summed E-state index contributed by atoms with van der Waals surface area (Å²) in [5, 5.41) is 0. The molecule has 0 atom stereocenters. The Morgan fingerprint density at radius 1 is 0.452 bits per heavy atom. The Hall–Kier alpha value is -0.160. The van der Waals surface area contributed by atoms with Crippen LogP contribution in [0.25, 0.3) is 0 Å². The van der Waals surface area contributed by atoms with E-state index in [2.05, 4.69) is 13.8 Å². The third kappa shape index (κ3) is 4.24. The van der Waals surface area contributed by atoms with Crippen molar-refractivity contribution >= 4 is 0 Å². The van der Waals surface area contributed by atoms with Crippen molar-refractivity contribution < 1.29 is 19.6 Å². The van der Waals surface area contributed by atoms with Gasteiger partial charge in [0.2, 0.25) is 11.6 Å². The molecule has 6 aliphatic rings. The van der Waals surface area contributed by atoms with Crippen molar-refractivity contribution in [3.8, 4) is 0 Å². The van der Waals surface area contributed by atoms with Gasteiger partial charge in [-0.1, -0.05) is 13.8 Å². The predicted octanol–water partition coefficient (Wildman–Crippen LogP) is 7.32. The SMILES string of the molecule is CC(C)(C1CCC(C2CCC3(CC2)OO3)CC1)C1CCC(C2CCC3(CC2)OO3)CC1. The van der Waals surface area contributed by atoms with Crippen LogP contribution in [-0.4, -0.2) is 11.6 Å². The van der Waals surface area contributed by atoms with Gasteiger partial charge in [0.25, 0.3) is 0 Å². The molecular formula is C27H44O4. The second-order valence-corrected chi connectivity index (χ2v) is 12.9. The van der Waals surface area contributed by atoms with E-state index in [0.29, 0.717) is 5.41 Å². The van der Waals surface area contributed by atoms with Crippen LogP contribution in [0.5, 0.6) is 0 Å². The van der Waals surface area contributed by atoms with Gasteiger partial charge in [-0.25, -0.2) is 0 Å². The van der Waals surface area contributed by atoms with Crippen molar-refractivity contribution in [2.24, 2.45) is 40.9 Å². The van der Waals surface area contributed by atoms with Crippen molar-refractivity contribution in [2.45, 2.75) is 128 Å². The Morgan fingerprint density at radius 3 is 1.03 bits per heavy atom. The average molecular weight is 433 g/mol. The first-order valence-corrected chi connectivity index (χ1v) is 13.7. The molecule has 0 N–H and O–H groups in total. The van der Waals surface area contributed by atoms with Crippen molar-refractivity contribution in [3.05, 3.63) is 0 Å². The van der Waals surface area contributed by atoms with E-state index in [4.69, 9.17) is 19.6 Å². The second-order valence-electron chi connectivity index (χ2n) is 12.9. The van der Waals surface area contributed by atoms with Crippen molar-refractivity contribution in [2.75, 3.05) is 0 Å². The fourth-order valence-corrected chi connectivity index (χ4v) is 8.56. The minimum absolute atomic E-state index is 0.132. The predicted molar refractivity (Wildman–Crippen MR) is 118 cm³/mol. The first-order chi connectivity index (χ1) is 15.0. The summed E-state index contributed by atoms with van der Waals surface area (Å²) in [4.78, 5) is 21.0. The van der Waals surface area contributed by atoms with E-state index in [9.17, 15) is 0 Å². The highest BCUT2D eigenvalue weighted by Gasteiger charge is 2.53. The molecular weight excluding hydrogens is 388 g/mol. The maximum atomic E-state index is 5.25. The van der Waals surface area contributed by atoms with Gasteiger partial charge in [0.15, 0.2) is 0 Å². The fourth-order valence-electron chi connectivity index (χ4n) is 8.56. The van der Waals surface area contributed by atoms with Crippen LogP contribution in [0.2, 0.25) is 0 Å². The molecule has 4 saturated carbocycles. The maximum Gasteiger partial charge on any atom is 0.234 e. The highest BCUT2D eigenvalue weighted by atomic mass is 17.4. The highest BCUT2D eigenvalue weighted by molar-refractivity contribution is 4.94. The summed E-state index contributed by atoms with van der Waals surface area (Å²) in [6, 6.07) is 0. The zero-order chi connectivity index (χ0) is 21.1. The van der Waals surface area contributed by atoms with E-state index in [1.807, 2.05) is 0 Å². The molecule has 2 aliphatic heterocycles. The molecule has 0 unspecified atom stereocenters. The standard InChI is InChI=1S/C27H44O4/c1-25(2,23-7-3-19(4-8-23)21-11-15-26(16-12-21)28-29-26)24-9-5-20(6-10-24)22-13-17-27(18-14-22)30-31-27/h19-24H,3-18H2,1-2H3. The lowest BCUT2D eigenvalue weighted by Gasteiger charge is -2.48. The normalized spacial score (nSPS) is 42.6. The first kappa shape index (κ1) is 21.4. The summed E-state index contributed by atoms with van der Waals surface area (Å²) < 4.78 is 0. The fraction of sp³-hybridized carbons (Fsp3) is 1.00. The largest absolute Gasteiger partial charge is 0.234 e. The van der Waals surface area contributed by atoms with E-state index in [0.717, 1.165) is 61.2 Å². The van der Waals surface area contributed by atoms with Crippen molar-refractivity contribution in [1.82, 2.24) is 0 Å². The van der Waals surface area contributed by atoms with Gasteiger partial charge in [-0.3, -0.25) is 0 Å². The molecule has 2 heterocycles. The summed E-state index contributed by atoms with van der Waals surface area (Å²) in [5.41, 5.74) is 0.522. The minimum Gasteiger partial charge on any atom is -0.195 e. The highest BCUT2D eigenvalue weighted by Crippen LogP contribution is 2.55. The Labute approximate surface area is 189 Å². The Balaban J connectivity index is 0.964. The topological polar surface area (TPSA) is 50.1 Å². The molecule has 2 spiro atoms. The number of hydrogen-bond acceptors (Lipinski definition) is 4. The van der Waals surface area contributed by atoms with Crippen LogP contribution in [0.4, 0.5) is 0 Å². The molecule has 0 aromatic carbocycles. The van der Waals surface area contributed by atoms with Crippen molar-refractivity contribution in [1.29, 1.82) is 0 Å². The van der Waals surface area contributed by atoms with Gasteiger partial charge < -0.3 is 0 Å². The van der Waals surface area contributed by atoms with Gasteiger partial charge in [0, 0.05) is 25.7 Å². The van der Waals surface area contributed by atoms with E-state index in [1.54, 1.807) is 0 Å². The quantitative estimate of drug-likeness (QED) is 0.345. The monoisotopic (exact) mass is 432 g/mol. The molecule has 0 amide bonds. The average Bonchev–Trinajstić information content (AvgIpc) is 3.74. The number of rotatable bonds is 4. The van der Waals surface area contributed by atoms with Crippen molar-refractivity contribution in [3.63, 3.8) is 0 Å². The van der Waals surface area contributed by atoms with Crippen LogP contribution in [0.3, 0.4) is 0 Å². The summed E-state index contributed by atoms with van der Waals surface area (Å²) in [5.74, 6) is 5.40. The molecule has 2 saturated heterocycles. The summed E-state index contributed by atoms with van der Waals surface area (Å²) >= 11 is 0. The van der Waals surface area contributed by atoms with Crippen LogP contribution >= 0.6 is 0 Å². The molecule has 0 radical (unpaired) electrons. The molecule has 0 aromatic heterocycles. The maximum absolute atomic E-state index is 5.25. The molecule has 6 fully saturated rings. The molecule has 4 heteroatoms. The molecule has 0 bridgehead atoms. The van der Waals surface area contributed by atoms with Crippen LogP contribution in [-0.2, 0) is 19.6 Å². The number of hydrogen-bond donors (Lipinski definition) is 0. The first-order valence-electron chi connectivity index (χ1n) is 13.7. The summed E-state index contributed by atoms with van der Waals surface area (Å²) in [6.07, 6.45) is 21.6. The van der Waals surface area contributed by atoms with Gasteiger partial charge in [-0.2, -0.15) is 19.6 Å². The molecule has 0 aromatic rings. The zero-order valence-corrected chi connectivity index (χ0v) is 19.9. The second kappa shape index (κ2) is 7.96. The Bertz CT molecular complexity index is 562.